The number of aryl methyl sites for hydroxylation is 1. The highest BCUT2D eigenvalue weighted by Crippen LogP contribution is 2.30. The average molecular weight is 209 g/mol. The van der Waals surface area contributed by atoms with Crippen molar-refractivity contribution in [1.29, 1.82) is 0 Å². The summed E-state index contributed by atoms with van der Waals surface area (Å²) >= 11 is 1.36. The SMILES string of the molecule is Cc1nc2c(O)cc(C(=O)O)cc2s1. The zero-order valence-electron chi connectivity index (χ0n) is 7.31. The Balaban J connectivity index is 2.77. The van der Waals surface area contributed by atoms with Crippen LogP contribution in [0.3, 0.4) is 0 Å². The maximum atomic E-state index is 10.7. The molecule has 2 rings (SSSR count). The van der Waals surface area contributed by atoms with Crippen LogP contribution in [0, 0.1) is 6.92 Å². The fourth-order valence-corrected chi connectivity index (χ4v) is 2.13. The highest BCUT2D eigenvalue weighted by molar-refractivity contribution is 7.18. The lowest BCUT2D eigenvalue weighted by atomic mass is 10.2. The Hall–Kier alpha value is -1.62. The van der Waals surface area contributed by atoms with Gasteiger partial charge in [-0.1, -0.05) is 0 Å². The number of carbonyl (C=O) groups is 1. The van der Waals surface area contributed by atoms with Gasteiger partial charge >= 0.3 is 5.97 Å². The molecule has 5 heteroatoms. The molecule has 0 saturated heterocycles. The van der Waals surface area contributed by atoms with Crippen LogP contribution in [0.2, 0.25) is 0 Å². The van der Waals surface area contributed by atoms with E-state index in [2.05, 4.69) is 4.98 Å². The Bertz CT molecular complexity index is 518. The molecule has 2 N–H and O–H groups in total. The predicted octanol–water partition coefficient (Wildman–Crippen LogP) is 2.01. The molecule has 1 aromatic carbocycles. The molecule has 0 bridgehead atoms. The number of phenolic OH excluding ortho intramolecular Hbond substituents is 1. The number of aromatic carboxylic acids is 1. The first-order valence-corrected chi connectivity index (χ1v) is 4.73. The molecule has 4 nitrogen and oxygen atoms in total. The summed E-state index contributed by atoms with van der Waals surface area (Å²) in [6.45, 7) is 1.81. The number of fused-ring (bicyclic) bond motifs is 1. The maximum absolute atomic E-state index is 10.7. The molecule has 1 heterocycles. The fraction of sp³-hybridized carbons (Fsp3) is 0.111. The second-order valence-corrected chi connectivity index (χ2v) is 4.11. The van der Waals surface area contributed by atoms with Crippen molar-refractivity contribution >= 4 is 27.5 Å². The monoisotopic (exact) mass is 209 g/mol. The van der Waals surface area contributed by atoms with E-state index in [1.165, 1.54) is 23.5 Å². The zero-order valence-corrected chi connectivity index (χ0v) is 8.13. The lowest BCUT2D eigenvalue weighted by Crippen LogP contribution is -1.94. The van der Waals surface area contributed by atoms with E-state index in [4.69, 9.17) is 5.11 Å². The van der Waals surface area contributed by atoms with Crippen molar-refractivity contribution < 1.29 is 15.0 Å². The summed E-state index contributed by atoms with van der Waals surface area (Å²) in [4.78, 5) is 14.8. The van der Waals surface area contributed by atoms with Crippen LogP contribution in [-0.4, -0.2) is 21.2 Å². The molecule has 0 aliphatic carbocycles. The van der Waals surface area contributed by atoms with Crippen LogP contribution in [-0.2, 0) is 0 Å². The fourth-order valence-electron chi connectivity index (χ4n) is 1.25. The van der Waals surface area contributed by atoms with Crippen LogP contribution < -0.4 is 0 Å². The average Bonchev–Trinajstić information content (AvgIpc) is 2.45. The predicted molar refractivity (Wildman–Crippen MR) is 53.0 cm³/mol. The Morgan fingerprint density at radius 2 is 2.21 bits per heavy atom. The number of hydrogen-bond donors (Lipinski definition) is 2. The highest BCUT2D eigenvalue weighted by atomic mass is 32.1. The molecule has 1 aromatic heterocycles. The number of hydrogen-bond acceptors (Lipinski definition) is 4. The van der Waals surface area contributed by atoms with Crippen LogP contribution in [0.25, 0.3) is 10.2 Å². The van der Waals surface area contributed by atoms with Gasteiger partial charge in [-0.15, -0.1) is 11.3 Å². The Morgan fingerprint density at radius 1 is 1.50 bits per heavy atom. The van der Waals surface area contributed by atoms with Crippen molar-refractivity contribution in [2.24, 2.45) is 0 Å². The van der Waals surface area contributed by atoms with Gasteiger partial charge < -0.3 is 10.2 Å². The summed E-state index contributed by atoms with van der Waals surface area (Å²) in [7, 11) is 0. The molecule has 0 unspecified atom stereocenters. The molecule has 0 fully saturated rings. The van der Waals surface area contributed by atoms with Gasteiger partial charge in [0.25, 0.3) is 0 Å². The molecule has 0 radical (unpaired) electrons. The van der Waals surface area contributed by atoms with E-state index in [0.717, 1.165) is 5.01 Å². The van der Waals surface area contributed by atoms with Gasteiger partial charge in [0.2, 0.25) is 0 Å². The lowest BCUT2D eigenvalue weighted by Gasteiger charge is -1.96. The van der Waals surface area contributed by atoms with E-state index in [1.807, 2.05) is 6.92 Å². The molecule has 0 saturated carbocycles. The summed E-state index contributed by atoms with van der Waals surface area (Å²) in [6.07, 6.45) is 0. The summed E-state index contributed by atoms with van der Waals surface area (Å²) < 4.78 is 0.694. The van der Waals surface area contributed by atoms with Crippen LogP contribution >= 0.6 is 11.3 Å². The number of aromatic hydroxyl groups is 1. The topological polar surface area (TPSA) is 70.4 Å². The maximum Gasteiger partial charge on any atom is 0.335 e. The third kappa shape index (κ3) is 1.31. The van der Waals surface area contributed by atoms with Crippen molar-refractivity contribution in [3.63, 3.8) is 0 Å². The number of carboxylic acid groups (broad SMARTS) is 1. The Labute approximate surface area is 83.5 Å². The third-order valence-electron chi connectivity index (χ3n) is 1.83. The van der Waals surface area contributed by atoms with Gasteiger partial charge in [-0.05, 0) is 19.1 Å². The summed E-state index contributed by atoms with van der Waals surface area (Å²) in [6, 6.07) is 2.73. The van der Waals surface area contributed by atoms with Gasteiger partial charge in [0.1, 0.15) is 11.3 Å². The van der Waals surface area contributed by atoms with Gasteiger partial charge in [0, 0.05) is 0 Å². The summed E-state index contributed by atoms with van der Waals surface area (Å²) in [5.41, 5.74) is 0.552. The quantitative estimate of drug-likeness (QED) is 0.753. The summed E-state index contributed by atoms with van der Waals surface area (Å²) in [5, 5.41) is 19.0. The van der Waals surface area contributed by atoms with E-state index in [-0.39, 0.29) is 11.3 Å². The van der Waals surface area contributed by atoms with Crippen molar-refractivity contribution in [1.82, 2.24) is 4.98 Å². The van der Waals surface area contributed by atoms with Crippen LogP contribution in [0.4, 0.5) is 0 Å². The molecule has 0 atom stereocenters. The molecule has 0 spiro atoms. The first-order valence-electron chi connectivity index (χ1n) is 3.91. The van der Waals surface area contributed by atoms with E-state index in [0.29, 0.717) is 10.2 Å². The number of carboxylic acids is 1. The van der Waals surface area contributed by atoms with Gasteiger partial charge in [-0.2, -0.15) is 0 Å². The standard InChI is InChI=1S/C9H7NO3S/c1-4-10-8-6(11)2-5(9(12)13)3-7(8)14-4/h2-3,11H,1H3,(H,12,13). The van der Waals surface area contributed by atoms with Crippen LogP contribution in [0.15, 0.2) is 12.1 Å². The van der Waals surface area contributed by atoms with E-state index >= 15 is 0 Å². The first kappa shape index (κ1) is 8.96. The third-order valence-corrected chi connectivity index (χ3v) is 2.75. The van der Waals surface area contributed by atoms with Gasteiger partial charge in [0.15, 0.2) is 0 Å². The normalized spacial score (nSPS) is 10.6. The minimum atomic E-state index is -1.05. The Morgan fingerprint density at radius 3 is 2.86 bits per heavy atom. The molecule has 2 aromatic rings. The minimum absolute atomic E-state index is 0.0794. The number of rotatable bonds is 1. The number of thiazole rings is 1. The Kier molecular flexibility index (Phi) is 1.89. The van der Waals surface area contributed by atoms with Crippen molar-refractivity contribution in [2.75, 3.05) is 0 Å². The molecule has 14 heavy (non-hydrogen) atoms. The number of aromatic nitrogens is 1. The van der Waals surface area contributed by atoms with Crippen LogP contribution in [0.1, 0.15) is 15.4 Å². The van der Waals surface area contributed by atoms with Crippen LogP contribution in [0.5, 0.6) is 5.75 Å². The van der Waals surface area contributed by atoms with Gasteiger partial charge in [-0.25, -0.2) is 9.78 Å². The van der Waals surface area contributed by atoms with Gasteiger partial charge in [-0.3, -0.25) is 0 Å². The highest BCUT2D eigenvalue weighted by Gasteiger charge is 2.11. The van der Waals surface area contributed by atoms with E-state index in [9.17, 15) is 9.90 Å². The second kappa shape index (κ2) is 2.95. The minimum Gasteiger partial charge on any atom is -0.506 e. The second-order valence-electron chi connectivity index (χ2n) is 2.88. The smallest absolute Gasteiger partial charge is 0.335 e. The molecule has 72 valence electrons. The molecule has 0 aliphatic rings. The molecule has 0 aliphatic heterocycles. The van der Waals surface area contributed by atoms with E-state index in [1.54, 1.807) is 0 Å². The lowest BCUT2D eigenvalue weighted by molar-refractivity contribution is 0.0696. The molecule has 0 amide bonds. The molecular weight excluding hydrogens is 202 g/mol. The first-order chi connectivity index (χ1) is 6.58. The van der Waals surface area contributed by atoms with Crippen molar-refractivity contribution in [3.05, 3.63) is 22.7 Å². The van der Waals surface area contributed by atoms with Crippen molar-refractivity contribution in [3.8, 4) is 5.75 Å². The number of benzene rings is 1. The van der Waals surface area contributed by atoms with Crippen molar-refractivity contribution in [2.45, 2.75) is 6.92 Å². The van der Waals surface area contributed by atoms with E-state index < -0.39 is 5.97 Å². The van der Waals surface area contributed by atoms with Gasteiger partial charge in [0.05, 0.1) is 15.3 Å². The molecular formula is C9H7NO3S. The number of nitrogens with zero attached hydrogens (tertiary/aromatic N) is 1. The largest absolute Gasteiger partial charge is 0.506 e. The summed E-state index contributed by atoms with van der Waals surface area (Å²) in [5.74, 6) is -1.13. The number of phenols is 1. The zero-order chi connectivity index (χ0) is 10.3.